The average molecular weight is 307 g/mol. The SMILES string of the molecule is CCCCNS(=O)(=O)c1ccc(N)cc1Br. The standard InChI is InChI=1S/C10H15BrN2O2S/c1-2-3-6-13-16(14,15)10-5-4-8(12)7-9(10)11/h4-5,7,13H,2-3,6,12H2,1H3. The summed E-state index contributed by atoms with van der Waals surface area (Å²) in [5.41, 5.74) is 6.07. The van der Waals surface area contributed by atoms with Crippen molar-refractivity contribution in [3.8, 4) is 0 Å². The maximum atomic E-state index is 11.9. The Bertz CT molecular complexity index is 460. The van der Waals surface area contributed by atoms with Crippen molar-refractivity contribution in [2.24, 2.45) is 0 Å². The molecule has 0 aliphatic rings. The zero-order valence-electron chi connectivity index (χ0n) is 9.03. The van der Waals surface area contributed by atoms with Crippen LogP contribution in [0.2, 0.25) is 0 Å². The molecule has 4 nitrogen and oxygen atoms in total. The number of anilines is 1. The lowest BCUT2D eigenvalue weighted by Crippen LogP contribution is -2.25. The summed E-state index contributed by atoms with van der Waals surface area (Å²) in [6, 6.07) is 4.64. The predicted octanol–water partition coefficient (Wildman–Crippen LogP) is 2.11. The summed E-state index contributed by atoms with van der Waals surface area (Å²) in [6.07, 6.45) is 1.78. The number of halogens is 1. The smallest absolute Gasteiger partial charge is 0.241 e. The number of benzene rings is 1. The van der Waals surface area contributed by atoms with Crippen LogP contribution in [-0.2, 0) is 10.0 Å². The van der Waals surface area contributed by atoms with Crippen LogP contribution in [0.5, 0.6) is 0 Å². The topological polar surface area (TPSA) is 72.2 Å². The summed E-state index contributed by atoms with van der Waals surface area (Å²) in [7, 11) is -3.43. The van der Waals surface area contributed by atoms with Crippen LogP contribution in [0.25, 0.3) is 0 Å². The quantitative estimate of drug-likeness (QED) is 0.646. The number of hydrogen-bond donors (Lipinski definition) is 2. The number of unbranched alkanes of at least 4 members (excludes halogenated alkanes) is 1. The van der Waals surface area contributed by atoms with Crippen molar-refractivity contribution in [2.45, 2.75) is 24.7 Å². The number of rotatable bonds is 5. The van der Waals surface area contributed by atoms with Crippen LogP contribution in [0.15, 0.2) is 27.6 Å². The lowest BCUT2D eigenvalue weighted by Gasteiger charge is -2.08. The van der Waals surface area contributed by atoms with Gasteiger partial charge >= 0.3 is 0 Å². The van der Waals surface area contributed by atoms with Gasteiger partial charge in [0.15, 0.2) is 0 Å². The van der Waals surface area contributed by atoms with Crippen molar-refractivity contribution in [3.05, 3.63) is 22.7 Å². The molecule has 0 saturated carbocycles. The molecule has 0 atom stereocenters. The van der Waals surface area contributed by atoms with Gasteiger partial charge in [-0.3, -0.25) is 0 Å². The largest absolute Gasteiger partial charge is 0.399 e. The van der Waals surface area contributed by atoms with E-state index >= 15 is 0 Å². The van der Waals surface area contributed by atoms with Crippen molar-refractivity contribution in [1.82, 2.24) is 4.72 Å². The van der Waals surface area contributed by atoms with Crippen LogP contribution in [-0.4, -0.2) is 15.0 Å². The van der Waals surface area contributed by atoms with Gasteiger partial charge in [0.05, 0.1) is 4.90 Å². The molecule has 6 heteroatoms. The van der Waals surface area contributed by atoms with E-state index in [0.717, 1.165) is 12.8 Å². The van der Waals surface area contributed by atoms with E-state index in [9.17, 15) is 8.42 Å². The molecule has 0 bridgehead atoms. The zero-order chi connectivity index (χ0) is 12.2. The van der Waals surface area contributed by atoms with E-state index in [1.54, 1.807) is 12.1 Å². The molecule has 90 valence electrons. The molecule has 0 aliphatic heterocycles. The molecule has 3 N–H and O–H groups in total. The third kappa shape index (κ3) is 3.47. The third-order valence-corrected chi connectivity index (χ3v) is 4.51. The Morgan fingerprint density at radius 1 is 1.44 bits per heavy atom. The average Bonchev–Trinajstić information content (AvgIpc) is 2.17. The molecule has 1 rings (SSSR count). The molecule has 0 heterocycles. The molecular formula is C10H15BrN2O2S. The molecule has 0 spiro atoms. The minimum atomic E-state index is -3.43. The monoisotopic (exact) mass is 306 g/mol. The van der Waals surface area contributed by atoms with E-state index in [1.165, 1.54) is 6.07 Å². The van der Waals surface area contributed by atoms with Crippen molar-refractivity contribution >= 4 is 31.6 Å². The molecule has 0 radical (unpaired) electrons. The lowest BCUT2D eigenvalue weighted by molar-refractivity contribution is 0.578. The summed E-state index contributed by atoms with van der Waals surface area (Å²) >= 11 is 3.19. The van der Waals surface area contributed by atoms with Crippen LogP contribution >= 0.6 is 15.9 Å². The summed E-state index contributed by atoms with van der Waals surface area (Å²) in [5, 5.41) is 0. The first-order valence-corrected chi connectivity index (χ1v) is 7.29. The first kappa shape index (κ1) is 13.5. The molecule has 0 unspecified atom stereocenters. The highest BCUT2D eigenvalue weighted by atomic mass is 79.9. The van der Waals surface area contributed by atoms with Gasteiger partial charge in [0.1, 0.15) is 0 Å². The Morgan fingerprint density at radius 3 is 2.69 bits per heavy atom. The lowest BCUT2D eigenvalue weighted by atomic mass is 10.3. The first-order valence-electron chi connectivity index (χ1n) is 5.02. The van der Waals surface area contributed by atoms with Gasteiger partial charge in [-0.2, -0.15) is 0 Å². The van der Waals surface area contributed by atoms with E-state index in [4.69, 9.17) is 5.73 Å². The maximum Gasteiger partial charge on any atom is 0.241 e. The molecule has 16 heavy (non-hydrogen) atoms. The van der Waals surface area contributed by atoms with Crippen LogP contribution in [0.1, 0.15) is 19.8 Å². The van der Waals surface area contributed by atoms with Gasteiger partial charge in [-0.05, 0) is 40.5 Å². The molecule has 0 fully saturated rings. The van der Waals surface area contributed by atoms with Crippen molar-refractivity contribution in [3.63, 3.8) is 0 Å². The number of nitrogens with two attached hydrogens (primary N) is 1. The predicted molar refractivity (Wildman–Crippen MR) is 68.7 cm³/mol. The van der Waals surface area contributed by atoms with Gasteiger partial charge in [0.2, 0.25) is 10.0 Å². The highest BCUT2D eigenvalue weighted by molar-refractivity contribution is 9.10. The van der Waals surface area contributed by atoms with E-state index in [0.29, 0.717) is 16.7 Å². The number of nitrogen functional groups attached to an aromatic ring is 1. The van der Waals surface area contributed by atoms with Gasteiger partial charge in [-0.15, -0.1) is 0 Å². The normalized spacial score (nSPS) is 11.6. The number of sulfonamides is 1. The summed E-state index contributed by atoms with van der Waals surface area (Å²) in [6.45, 7) is 2.46. The Morgan fingerprint density at radius 2 is 2.12 bits per heavy atom. The van der Waals surface area contributed by atoms with Gasteiger partial charge in [0, 0.05) is 16.7 Å². The van der Waals surface area contributed by atoms with Gasteiger partial charge in [-0.1, -0.05) is 13.3 Å². The summed E-state index contributed by atoms with van der Waals surface area (Å²) in [5.74, 6) is 0. The van der Waals surface area contributed by atoms with Crippen LogP contribution in [0.4, 0.5) is 5.69 Å². The second kappa shape index (κ2) is 5.65. The van der Waals surface area contributed by atoms with E-state index < -0.39 is 10.0 Å². The molecule has 0 amide bonds. The Hall–Kier alpha value is -0.590. The second-order valence-corrected chi connectivity index (χ2v) is 6.03. The van der Waals surface area contributed by atoms with Crippen molar-refractivity contribution < 1.29 is 8.42 Å². The Labute approximate surface area is 104 Å². The van der Waals surface area contributed by atoms with Crippen LogP contribution in [0, 0.1) is 0 Å². The minimum Gasteiger partial charge on any atom is -0.399 e. The molecule has 0 saturated heterocycles. The fraction of sp³-hybridized carbons (Fsp3) is 0.400. The zero-order valence-corrected chi connectivity index (χ0v) is 11.4. The molecule has 1 aromatic rings. The van der Waals surface area contributed by atoms with Crippen LogP contribution in [0.3, 0.4) is 0 Å². The molecular weight excluding hydrogens is 292 g/mol. The van der Waals surface area contributed by atoms with Gasteiger partial charge < -0.3 is 5.73 Å². The highest BCUT2D eigenvalue weighted by Gasteiger charge is 2.16. The minimum absolute atomic E-state index is 0.220. The van der Waals surface area contributed by atoms with Gasteiger partial charge in [-0.25, -0.2) is 13.1 Å². The Kier molecular flexibility index (Phi) is 4.76. The number of hydrogen-bond acceptors (Lipinski definition) is 3. The van der Waals surface area contributed by atoms with E-state index in [-0.39, 0.29) is 4.90 Å². The molecule has 0 aliphatic carbocycles. The Balaban J connectivity index is 2.90. The van der Waals surface area contributed by atoms with Crippen LogP contribution < -0.4 is 10.5 Å². The van der Waals surface area contributed by atoms with Crippen molar-refractivity contribution in [1.29, 1.82) is 0 Å². The fourth-order valence-electron chi connectivity index (χ4n) is 1.20. The highest BCUT2D eigenvalue weighted by Crippen LogP contribution is 2.23. The fourth-order valence-corrected chi connectivity index (χ4v) is 3.36. The molecule has 1 aromatic carbocycles. The first-order chi connectivity index (χ1) is 7.47. The third-order valence-electron chi connectivity index (χ3n) is 2.07. The second-order valence-electron chi connectivity index (χ2n) is 3.44. The van der Waals surface area contributed by atoms with Gasteiger partial charge in [0.25, 0.3) is 0 Å². The van der Waals surface area contributed by atoms with E-state index in [1.807, 2.05) is 6.92 Å². The van der Waals surface area contributed by atoms with Crippen molar-refractivity contribution in [2.75, 3.05) is 12.3 Å². The molecule has 0 aromatic heterocycles. The maximum absolute atomic E-state index is 11.9. The summed E-state index contributed by atoms with van der Waals surface area (Å²) < 4.78 is 26.7. The van der Waals surface area contributed by atoms with E-state index in [2.05, 4.69) is 20.7 Å². The number of nitrogens with one attached hydrogen (secondary N) is 1. The summed E-state index contributed by atoms with van der Waals surface area (Å²) in [4.78, 5) is 0.220.